The van der Waals surface area contributed by atoms with Crippen molar-refractivity contribution >= 4 is 17.4 Å². The van der Waals surface area contributed by atoms with Crippen LogP contribution in [0.2, 0.25) is 5.02 Å². The second-order valence-corrected chi connectivity index (χ2v) is 4.89. The summed E-state index contributed by atoms with van der Waals surface area (Å²) in [5.74, 6) is 0.895. The lowest BCUT2D eigenvalue weighted by Gasteiger charge is -2.33. The molecule has 0 unspecified atom stereocenters. The summed E-state index contributed by atoms with van der Waals surface area (Å²) >= 11 is 5.90. The number of nitrogens with one attached hydrogen (secondary N) is 2. The average Bonchev–Trinajstić information content (AvgIpc) is 2.35. The molecule has 0 radical (unpaired) electrons. The number of halogens is 1. The van der Waals surface area contributed by atoms with Crippen molar-refractivity contribution < 1.29 is 5.11 Å². The van der Waals surface area contributed by atoms with E-state index >= 15 is 0 Å². The van der Waals surface area contributed by atoms with E-state index in [1.54, 1.807) is 0 Å². The van der Waals surface area contributed by atoms with Gasteiger partial charge in [-0.1, -0.05) is 11.6 Å². The zero-order valence-corrected chi connectivity index (χ0v) is 10.7. The van der Waals surface area contributed by atoms with Crippen molar-refractivity contribution in [2.75, 3.05) is 24.6 Å². The van der Waals surface area contributed by atoms with E-state index in [-0.39, 0.29) is 11.6 Å². The van der Waals surface area contributed by atoms with Crippen molar-refractivity contribution in [3.63, 3.8) is 0 Å². The van der Waals surface area contributed by atoms with E-state index in [0.717, 1.165) is 32.4 Å². The van der Waals surface area contributed by atoms with Crippen molar-refractivity contribution in [2.24, 2.45) is 5.92 Å². The third kappa shape index (κ3) is 2.76. The van der Waals surface area contributed by atoms with Gasteiger partial charge in [0.05, 0.1) is 0 Å². The van der Waals surface area contributed by atoms with Crippen LogP contribution in [0.15, 0.2) is 9.59 Å². The Kier molecular flexibility index (Phi) is 4.08. The fraction of sp³-hybridized carbons (Fsp3) is 0.636. The number of rotatable bonds is 3. The van der Waals surface area contributed by atoms with E-state index in [0.29, 0.717) is 11.7 Å². The number of H-pyrrole nitrogens is 2. The summed E-state index contributed by atoms with van der Waals surface area (Å²) in [7, 11) is 0. The minimum absolute atomic E-state index is 0.0233. The first-order valence-electron chi connectivity index (χ1n) is 5.99. The Morgan fingerprint density at radius 3 is 2.56 bits per heavy atom. The molecular weight excluding hydrogens is 258 g/mol. The highest BCUT2D eigenvalue weighted by Crippen LogP contribution is 2.25. The Bertz CT molecular complexity index is 517. The number of aromatic amines is 2. The van der Waals surface area contributed by atoms with Gasteiger partial charge in [-0.15, -0.1) is 0 Å². The fourth-order valence-electron chi connectivity index (χ4n) is 2.30. The van der Waals surface area contributed by atoms with Gasteiger partial charge in [-0.2, -0.15) is 0 Å². The summed E-state index contributed by atoms with van der Waals surface area (Å²) in [4.78, 5) is 29.2. The van der Waals surface area contributed by atoms with Gasteiger partial charge < -0.3 is 10.0 Å². The van der Waals surface area contributed by atoms with Gasteiger partial charge in [-0.05, 0) is 25.2 Å². The zero-order valence-electron chi connectivity index (χ0n) is 9.91. The van der Waals surface area contributed by atoms with Gasteiger partial charge in [0, 0.05) is 19.7 Å². The summed E-state index contributed by atoms with van der Waals surface area (Å²) in [5, 5.41) is 8.91. The molecule has 0 spiro atoms. The Morgan fingerprint density at radius 1 is 1.28 bits per heavy atom. The van der Waals surface area contributed by atoms with Crippen LogP contribution in [0.25, 0.3) is 0 Å². The molecule has 100 valence electrons. The number of aliphatic hydroxyl groups excluding tert-OH is 1. The molecule has 6 nitrogen and oxygen atoms in total. The lowest BCUT2D eigenvalue weighted by molar-refractivity contribution is 0.240. The van der Waals surface area contributed by atoms with Crippen molar-refractivity contribution in [3.05, 3.63) is 25.9 Å². The molecule has 0 bridgehead atoms. The van der Waals surface area contributed by atoms with Crippen LogP contribution in [-0.2, 0) is 0 Å². The molecule has 2 heterocycles. The van der Waals surface area contributed by atoms with E-state index < -0.39 is 11.2 Å². The SMILES string of the molecule is O=c1[nH]c(N2CCC(CCO)CC2)c(Cl)c(=O)[nH]1. The third-order valence-corrected chi connectivity index (χ3v) is 3.69. The Labute approximate surface area is 109 Å². The highest BCUT2D eigenvalue weighted by molar-refractivity contribution is 6.32. The normalized spacial score (nSPS) is 17.1. The summed E-state index contributed by atoms with van der Waals surface area (Å²) < 4.78 is 0. The van der Waals surface area contributed by atoms with Gasteiger partial charge in [0.1, 0.15) is 10.8 Å². The maximum atomic E-state index is 11.4. The molecule has 0 atom stereocenters. The predicted molar refractivity (Wildman–Crippen MR) is 69.3 cm³/mol. The molecule has 3 N–H and O–H groups in total. The molecule has 1 aromatic heterocycles. The van der Waals surface area contributed by atoms with Crippen molar-refractivity contribution in [1.82, 2.24) is 9.97 Å². The first-order chi connectivity index (χ1) is 8.61. The van der Waals surface area contributed by atoms with Gasteiger partial charge in [-0.3, -0.25) is 14.8 Å². The van der Waals surface area contributed by atoms with Gasteiger partial charge in [0.15, 0.2) is 0 Å². The number of hydrogen-bond acceptors (Lipinski definition) is 4. The summed E-state index contributed by atoms with van der Waals surface area (Å²) in [6.07, 6.45) is 2.64. The smallest absolute Gasteiger partial charge is 0.327 e. The van der Waals surface area contributed by atoms with E-state index in [1.807, 2.05) is 4.90 Å². The molecule has 0 aromatic carbocycles. The highest BCUT2D eigenvalue weighted by atomic mass is 35.5. The second kappa shape index (κ2) is 5.58. The fourth-order valence-corrected chi connectivity index (χ4v) is 2.52. The minimum atomic E-state index is -0.562. The van der Waals surface area contributed by atoms with Crippen molar-refractivity contribution in [3.8, 4) is 0 Å². The van der Waals surface area contributed by atoms with Crippen LogP contribution >= 0.6 is 11.6 Å². The first kappa shape index (κ1) is 13.2. The third-order valence-electron chi connectivity index (χ3n) is 3.33. The van der Waals surface area contributed by atoms with Crippen molar-refractivity contribution in [1.29, 1.82) is 0 Å². The molecule has 0 aliphatic carbocycles. The lowest BCUT2D eigenvalue weighted by Crippen LogP contribution is -2.37. The summed E-state index contributed by atoms with van der Waals surface area (Å²) in [6.45, 7) is 1.65. The first-order valence-corrected chi connectivity index (χ1v) is 6.37. The maximum Gasteiger partial charge on any atom is 0.327 e. The topological polar surface area (TPSA) is 89.2 Å². The van der Waals surface area contributed by atoms with Crippen LogP contribution < -0.4 is 16.1 Å². The Balaban J connectivity index is 2.15. The van der Waals surface area contributed by atoms with E-state index in [2.05, 4.69) is 9.97 Å². The van der Waals surface area contributed by atoms with E-state index in [1.165, 1.54) is 0 Å². The largest absolute Gasteiger partial charge is 0.396 e. The Morgan fingerprint density at radius 2 is 1.94 bits per heavy atom. The van der Waals surface area contributed by atoms with Crippen molar-refractivity contribution in [2.45, 2.75) is 19.3 Å². The van der Waals surface area contributed by atoms with Crippen LogP contribution in [0.5, 0.6) is 0 Å². The molecule has 1 aromatic rings. The van der Waals surface area contributed by atoms with Gasteiger partial charge in [-0.25, -0.2) is 4.79 Å². The molecule has 1 saturated heterocycles. The van der Waals surface area contributed by atoms with Gasteiger partial charge in [0.25, 0.3) is 5.56 Å². The number of aliphatic hydroxyl groups is 1. The van der Waals surface area contributed by atoms with Crippen LogP contribution in [0.1, 0.15) is 19.3 Å². The van der Waals surface area contributed by atoms with Gasteiger partial charge >= 0.3 is 5.69 Å². The number of aromatic nitrogens is 2. The van der Waals surface area contributed by atoms with Crippen LogP contribution in [0.4, 0.5) is 5.82 Å². The highest BCUT2D eigenvalue weighted by Gasteiger charge is 2.22. The molecule has 7 heteroatoms. The van der Waals surface area contributed by atoms with Crippen LogP contribution in [-0.4, -0.2) is 34.8 Å². The standard InChI is InChI=1S/C11H16ClN3O3/c12-8-9(13-11(18)14-10(8)17)15-4-1-7(2-5-15)3-6-16/h7,16H,1-6H2,(H2,13,14,17,18). The summed E-state index contributed by atoms with van der Waals surface area (Å²) in [5.41, 5.74) is -1.11. The number of hydrogen-bond donors (Lipinski definition) is 3. The molecular formula is C11H16ClN3O3. The van der Waals surface area contributed by atoms with E-state index in [4.69, 9.17) is 16.7 Å². The summed E-state index contributed by atoms with van der Waals surface area (Å²) in [6, 6.07) is 0. The second-order valence-electron chi connectivity index (χ2n) is 4.51. The minimum Gasteiger partial charge on any atom is -0.396 e. The molecule has 2 rings (SSSR count). The molecule has 1 fully saturated rings. The predicted octanol–water partition coefficient (Wildman–Crippen LogP) is 0.315. The monoisotopic (exact) mass is 273 g/mol. The quantitative estimate of drug-likeness (QED) is 0.740. The lowest BCUT2D eigenvalue weighted by atomic mass is 9.94. The van der Waals surface area contributed by atoms with E-state index in [9.17, 15) is 9.59 Å². The number of nitrogens with zero attached hydrogens (tertiary/aromatic N) is 1. The molecule has 0 saturated carbocycles. The molecule has 1 aliphatic rings. The maximum absolute atomic E-state index is 11.4. The zero-order chi connectivity index (χ0) is 13.1. The number of piperidine rings is 1. The molecule has 18 heavy (non-hydrogen) atoms. The average molecular weight is 274 g/mol. The van der Waals surface area contributed by atoms with Crippen LogP contribution in [0.3, 0.4) is 0 Å². The number of anilines is 1. The molecule has 1 aliphatic heterocycles. The van der Waals surface area contributed by atoms with Crippen LogP contribution in [0, 0.1) is 5.92 Å². The Hall–Kier alpha value is -1.27. The molecule has 0 amide bonds. The van der Waals surface area contributed by atoms with Gasteiger partial charge in [0.2, 0.25) is 0 Å².